The molecule has 0 N–H and O–H groups in total. The number of hydrogen-bond acceptors (Lipinski definition) is 4. The second-order valence-corrected chi connectivity index (χ2v) is 3.60. The average molecular weight is 394 g/mol. The Morgan fingerprint density at radius 2 is 1.71 bits per heavy atom. The van der Waals surface area contributed by atoms with Crippen LogP contribution in [0, 0.1) is 0 Å². The van der Waals surface area contributed by atoms with E-state index < -0.39 is 6.10 Å². The SMILES string of the molecule is COC(C)C(=O)/C=C(\[O][Pb])C(C)OC. The van der Waals surface area contributed by atoms with Gasteiger partial charge in [0.25, 0.3) is 0 Å². The Morgan fingerprint density at radius 1 is 1.21 bits per heavy atom. The van der Waals surface area contributed by atoms with Crippen molar-refractivity contribution in [2.24, 2.45) is 0 Å². The van der Waals surface area contributed by atoms with Gasteiger partial charge in [-0.2, -0.15) is 0 Å². The van der Waals surface area contributed by atoms with Crippen LogP contribution in [0.2, 0.25) is 0 Å². The molecule has 0 fully saturated rings. The standard InChI is InChI=1S/C9H16O4.Pb/c1-6(12-3)8(10)5-9(11)7(2)13-4;/h5-7,10H,1-4H3;/q;+1/p-1/b8-5-;. The first-order valence-electron chi connectivity index (χ1n) is 4.21. The number of ketones is 1. The number of carbonyl (C=O) groups is 1. The molecule has 0 rings (SSSR count). The Morgan fingerprint density at radius 3 is 2.07 bits per heavy atom. The van der Waals surface area contributed by atoms with E-state index in [4.69, 9.17) is 12.2 Å². The predicted octanol–water partition coefficient (Wildman–Crippen LogP) is 0.609. The van der Waals surface area contributed by atoms with Crippen LogP contribution < -0.4 is 0 Å². The first-order chi connectivity index (χ1) is 6.56. The number of methoxy groups -OCH3 is 2. The van der Waals surface area contributed by atoms with Crippen molar-refractivity contribution in [2.45, 2.75) is 26.1 Å². The van der Waals surface area contributed by atoms with Crippen molar-refractivity contribution in [1.29, 1.82) is 0 Å². The van der Waals surface area contributed by atoms with Gasteiger partial charge in [-0.1, -0.05) is 0 Å². The molecule has 0 heterocycles. The Bertz CT molecular complexity index is 215. The summed E-state index contributed by atoms with van der Waals surface area (Å²) in [5.41, 5.74) is 0. The zero-order chi connectivity index (χ0) is 11.1. The third kappa shape index (κ3) is 4.52. The van der Waals surface area contributed by atoms with Gasteiger partial charge in [-0.05, 0) is 0 Å². The van der Waals surface area contributed by atoms with E-state index in [0.717, 1.165) is 0 Å². The number of ether oxygens (including phenoxy) is 2. The number of rotatable bonds is 6. The molecule has 2 atom stereocenters. The summed E-state index contributed by atoms with van der Waals surface area (Å²) < 4.78 is 15.1. The summed E-state index contributed by atoms with van der Waals surface area (Å²) in [5, 5.41) is 0. The van der Waals surface area contributed by atoms with Gasteiger partial charge in [0.1, 0.15) is 0 Å². The van der Waals surface area contributed by atoms with Crippen LogP contribution in [-0.2, 0) is 17.0 Å². The molecule has 0 amide bonds. The first kappa shape index (κ1) is 14.1. The summed E-state index contributed by atoms with van der Waals surface area (Å²) in [6, 6.07) is 0. The minimum atomic E-state index is -0.439. The van der Waals surface area contributed by atoms with Crippen molar-refractivity contribution < 1.29 is 17.0 Å². The van der Waals surface area contributed by atoms with E-state index in [1.165, 1.54) is 13.2 Å². The van der Waals surface area contributed by atoms with Gasteiger partial charge in [0.05, 0.1) is 0 Å². The van der Waals surface area contributed by atoms with E-state index in [-0.39, 0.29) is 11.9 Å². The fourth-order valence-corrected chi connectivity index (χ4v) is 1.59. The van der Waals surface area contributed by atoms with E-state index in [0.29, 0.717) is 32.0 Å². The molecule has 79 valence electrons. The third-order valence-corrected chi connectivity index (χ3v) is 2.83. The molecular weight excluding hydrogens is 379 g/mol. The Balaban J connectivity index is 4.50. The van der Waals surface area contributed by atoms with E-state index in [2.05, 4.69) is 0 Å². The van der Waals surface area contributed by atoms with Gasteiger partial charge >= 0.3 is 101 Å². The molecule has 0 saturated heterocycles. The van der Waals surface area contributed by atoms with Crippen LogP contribution in [0.5, 0.6) is 0 Å². The van der Waals surface area contributed by atoms with Crippen LogP contribution >= 0.6 is 0 Å². The number of hydrogen-bond donors (Lipinski definition) is 0. The Kier molecular flexibility index (Phi) is 7.39. The zero-order valence-corrected chi connectivity index (χ0v) is 12.8. The van der Waals surface area contributed by atoms with Crippen LogP contribution in [0.3, 0.4) is 0 Å². The molecule has 0 spiro atoms. The van der Waals surface area contributed by atoms with Crippen molar-refractivity contribution in [3.8, 4) is 0 Å². The summed E-state index contributed by atoms with van der Waals surface area (Å²) in [7, 11) is 3.07. The van der Waals surface area contributed by atoms with Crippen molar-refractivity contribution in [1.82, 2.24) is 0 Å². The topological polar surface area (TPSA) is 44.8 Å². The van der Waals surface area contributed by atoms with Gasteiger partial charge in [0.15, 0.2) is 0 Å². The van der Waals surface area contributed by atoms with Crippen molar-refractivity contribution in [3.63, 3.8) is 0 Å². The molecule has 0 aromatic rings. The van der Waals surface area contributed by atoms with E-state index in [1.54, 1.807) is 14.0 Å². The van der Waals surface area contributed by atoms with E-state index >= 15 is 0 Å². The average Bonchev–Trinajstić information content (AvgIpc) is 2.22. The molecule has 0 aliphatic rings. The van der Waals surface area contributed by atoms with E-state index in [9.17, 15) is 4.79 Å². The summed E-state index contributed by atoms with van der Waals surface area (Å²) in [4.78, 5) is 11.4. The normalized spacial score (nSPS) is 16.2. The zero-order valence-electron chi connectivity index (χ0n) is 8.87. The molecule has 0 aromatic heterocycles. The molecule has 0 saturated carbocycles. The summed E-state index contributed by atoms with van der Waals surface area (Å²) in [5.74, 6) is 0.454. The third-order valence-electron chi connectivity index (χ3n) is 1.91. The van der Waals surface area contributed by atoms with Gasteiger partial charge in [0.2, 0.25) is 0 Å². The maximum absolute atomic E-state index is 11.4. The van der Waals surface area contributed by atoms with Gasteiger partial charge in [0, 0.05) is 0 Å². The second-order valence-electron chi connectivity index (χ2n) is 2.81. The van der Waals surface area contributed by atoms with E-state index in [1.807, 2.05) is 6.92 Å². The molecule has 0 aromatic carbocycles. The molecule has 2 unspecified atom stereocenters. The minimum absolute atomic E-state index is 0.109. The van der Waals surface area contributed by atoms with Crippen LogP contribution in [0.1, 0.15) is 13.8 Å². The van der Waals surface area contributed by atoms with Crippen LogP contribution in [-0.4, -0.2) is 58.4 Å². The molecule has 0 bridgehead atoms. The van der Waals surface area contributed by atoms with Gasteiger partial charge in [-0.25, -0.2) is 0 Å². The fraction of sp³-hybridized carbons (Fsp3) is 0.667. The quantitative estimate of drug-likeness (QED) is 0.376. The monoisotopic (exact) mass is 395 g/mol. The summed E-state index contributed by atoms with van der Waals surface area (Å²) >= 11 is 0.536. The predicted molar refractivity (Wildman–Crippen MR) is 52.9 cm³/mol. The molecule has 5 heteroatoms. The van der Waals surface area contributed by atoms with Gasteiger partial charge in [-0.15, -0.1) is 0 Å². The maximum atomic E-state index is 11.4. The summed E-state index contributed by atoms with van der Waals surface area (Å²) in [6.07, 6.45) is 0.807. The van der Waals surface area contributed by atoms with Crippen LogP contribution in [0.4, 0.5) is 0 Å². The van der Waals surface area contributed by atoms with Gasteiger partial charge < -0.3 is 0 Å². The van der Waals surface area contributed by atoms with Crippen molar-refractivity contribution in [3.05, 3.63) is 11.8 Å². The summed E-state index contributed by atoms with van der Waals surface area (Å²) in [6.45, 7) is 3.52. The van der Waals surface area contributed by atoms with Gasteiger partial charge in [-0.3, -0.25) is 0 Å². The first-order valence-corrected chi connectivity index (χ1v) is 5.80. The molecule has 0 aliphatic heterocycles. The van der Waals surface area contributed by atoms with Crippen LogP contribution in [0.25, 0.3) is 0 Å². The molecule has 4 nitrogen and oxygen atoms in total. The number of carbonyl (C=O) groups excluding carboxylic acids is 1. The molecular formula is C9H15O4Pb. The Hall–Kier alpha value is 0.0521. The Labute approximate surface area is 101 Å². The fourth-order valence-electron chi connectivity index (χ4n) is 0.720. The molecule has 3 radical (unpaired) electrons. The van der Waals surface area contributed by atoms with Crippen molar-refractivity contribution >= 4 is 32.0 Å². The molecule has 0 aliphatic carbocycles. The molecule has 14 heavy (non-hydrogen) atoms. The second kappa shape index (κ2) is 7.36. The van der Waals surface area contributed by atoms with Crippen molar-refractivity contribution in [2.75, 3.05) is 14.2 Å². The van der Waals surface area contributed by atoms with Crippen LogP contribution in [0.15, 0.2) is 11.8 Å².